The normalized spacial score (nSPS) is 16.2. The molecule has 1 aromatic rings. The molecule has 0 aromatic heterocycles. The molecule has 26 heavy (non-hydrogen) atoms. The van der Waals surface area contributed by atoms with E-state index in [1.165, 1.54) is 0 Å². The van der Waals surface area contributed by atoms with E-state index in [1.54, 1.807) is 12.1 Å². The second-order valence-corrected chi connectivity index (χ2v) is 7.43. The van der Waals surface area contributed by atoms with E-state index >= 15 is 0 Å². The Bertz CT molecular complexity index is 629. The molecular weight excluding hydrogens is 331 g/mol. The van der Waals surface area contributed by atoms with Crippen molar-refractivity contribution in [1.29, 1.82) is 0 Å². The molecule has 0 unspecified atom stereocenters. The number of carbonyl (C=O) groups is 2. The highest BCUT2D eigenvalue weighted by atomic mass is 16.5. The number of carbonyl (C=O) groups excluding carboxylic acids is 2. The minimum absolute atomic E-state index is 0.146. The predicted octanol–water partition coefficient (Wildman–Crippen LogP) is 3.82. The van der Waals surface area contributed by atoms with E-state index in [-0.39, 0.29) is 11.6 Å². The lowest BCUT2D eigenvalue weighted by Gasteiger charge is -2.28. The SMILES string of the molecule is CCCCC(=O)C[C@H]1Cc2cccc(C(=O)OCCC(C)C)c2OB1O. The van der Waals surface area contributed by atoms with Crippen molar-refractivity contribution in [2.75, 3.05) is 6.61 Å². The molecule has 0 aliphatic carbocycles. The standard InChI is InChI=1S/C20H29BO5/c1-4-5-8-17(22)13-16-12-15-7-6-9-18(19(15)26-21(16)24)20(23)25-11-10-14(2)3/h6-7,9,14,16,24H,4-5,8,10-13H2,1-3H3/t16-/m1/s1. The number of fused-ring (bicyclic) bond motifs is 1. The summed E-state index contributed by atoms with van der Waals surface area (Å²) in [6.07, 6.45) is 3.98. The maximum atomic E-state index is 12.3. The Morgan fingerprint density at radius 2 is 2.15 bits per heavy atom. The van der Waals surface area contributed by atoms with Crippen LogP contribution in [-0.4, -0.2) is 30.5 Å². The largest absolute Gasteiger partial charge is 0.535 e. The highest BCUT2D eigenvalue weighted by Crippen LogP contribution is 2.36. The van der Waals surface area contributed by atoms with Crippen molar-refractivity contribution in [3.8, 4) is 5.75 Å². The van der Waals surface area contributed by atoms with Gasteiger partial charge in [0.15, 0.2) is 0 Å². The first-order chi connectivity index (χ1) is 12.4. The fraction of sp³-hybridized carbons (Fsp3) is 0.600. The Morgan fingerprint density at radius 3 is 2.85 bits per heavy atom. The molecule has 1 N–H and O–H groups in total. The lowest BCUT2D eigenvalue weighted by Crippen LogP contribution is -2.36. The van der Waals surface area contributed by atoms with Crippen LogP contribution in [-0.2, 0) is 16.0 Å². The van der Waals surface area contributed by atoms with Crippen molar-refractivity contribution in [1.82, 2.24) is 0 Å². The van der Waals surface area contributed by atoms with Crippen molar-refractivity contribution < 1.29 is 24.0 Å². The van der Waals surface area contributed by atoms with Gasteiger partial charge in [-0.3, -0.25) is 4.79 Å². The third kappa shape index (κ3) is 5.59. The van der Waals surface area contributed by atoms with E-state index < -0.39 is 13.1 Å². The number of hydrogen-bond acceptors (Lipinski definition) is 5. The first kappa shape index (κ1) is 20.5. The zero-order valence-corrected chi connectivity index (χ0v) is 16.0. The van der Waals surface area contributed by atoms with E-state index in [4.69, 9.17) is 9.39 Å². The number of rotatable bonds is 9. The molecule has 1 heterocycles. The quantitative estimate of drug-likeness (QED) is 0.535. The topological polar surface area (TPSA) is 72.8 Å². The molecule has 2 rings (SSSR count). The predicted molar refractivity (Wildman–Crippen MR) is 101 cm³/mol. The summed E-state index contributed by atoms with van der Waals surface area (Å²) in [5, 5.41) is 10.3. The molecule has 0 bridgehead atoms. The first-order valence-electron chi connectivity index (χ1n) is 9.57. The van der Waals surface area contributed by atoms with Crippen molar-refractivity contribution >= 4 is 18.9 Å². The van der Waals surface area contributed by atoms with Crippen LogP contribution in [0.5, 0.6) is 5.75 Å². The highest BCUT2D eigenvalue weighted by molar-refractivity contribution is 6.47. The molecule has 0 amide bonds. The molecule has 6 heteroatoms. The van der Waals surface area contributed by atoms with Crippen LogP contribution in [0.2, 0.25) is 5.82 Å². The van der Waals surface area contributed by atoms with Gasteiger partial charge in [0.25, 0.3) is 0 Å². The maximum Gasteiger partial charge on any atom is 0.526 e. The molecule has 1 aliphatic heterocycles. The Kier molecular flexibility index (Phi) is 7.70. The summed E-state index contributed by atoms with van der Waals surface area (Å²) >= 11 is 0. The average Bonchev–Trinajstić information content (AvgIpc) is 2.59. The van der Waals surface area contributed by atoms with Gasteiger partial charge in [0.2, 0.25) is 0 Å². The van der Waals surface area contributed by atoms with Crippen molar-refractivity contribution in [3.05, 3.63) is 29.3 Å². The number of benzene rings is 1. The fourth-order valence-electron chi connectivity index (χ4n) is 3.05. The highest BCUT2D eigenvalue weighted by Gasteiger charge is 2.37. The molecule has 0 saturated heterocycles. The van der Waals surface area contributed by atoms with Gasteiger partial charge in [-0.2, -0.15) is 0 Å². The molecule has 142 valence electrons. The monoisotopic (exact) mass is 360 g/mol. The minimum Gasteiger partial charge on any atom is -0.535 e. The van der Waals surface area contributed by atoms with Crippen molar-refractivity contribution in [2.45, 2.75) is 65.1 Å². The molecule has 0 spiro atoms. The van der Waals surface area contributed by atoms with Crippen LogP contribution in [0, 0.1) is 5.92 Å². The summed E-state index contributed by atoms with van der Waals surface area (Å²) in [7, 11) is -1.09. The van der Waals surface area contributed by atoms with E-state index in [0.717, 1.165) is 24.8 Å². The van der Waals surface area contributed by atoms with Gasteiger partial charge in [0.1, 0.15) is 17.1 Å². The molecule has 1 atom stereocenters. The van der Waals surface area contributed by atoms with Gasteiger partial charge in [-0.15, -0.1) is 0 Å². The summed E-state index contributed by atoms with van der Waals surface area (Å²) in [4.78, 5) is 24.4. The molecule has 0 saturated carbocycles. The lowest BCUT2D eigenvalue weighted by atomic mass is 9.64. The molecule has 1 aromatic carbocycles. The summed E-state index contributed by atoms with van der Waals surface area (Å²) in [6.45, 7) is 6.54. The molecule has 0 fully saturated rings. The smallest absolute Gasteiger partial charge is 0.526 e. The number of Topliss-reactive ketones (excluding diaryl/α,β-unsaturated/α-hetero) is 1. The van der Waals surface area contributed by atoms with Gasteiger partial charge >= 0.3 is 13.1 Å². The number of ether oxygens (including phenoxy) is 1. The Hall–Kier alpha value is -1.82. The minimum atomic E-state index is -1.09. The van der Waals surface area contributed by atoms with Gasteiger partial charge in [0, 0.05) is 18.7 Å². The first-order valence-corrected chi connectivity index (χ1v) is 9.57. The van der Waals surface area contributed by atoms with Gasteiger partial charge in [-0.25, -0.2) is 4.79 Å². The molecule has 5 nitrogen and oxygen atoms in total. The average molecular weight is 360 g/mol. The number of hydrogen-bond donors (Lipinski definition) is 1. The van der Waals surface area contributed by atoms with E-state index in [9.17, 15) is 14.6 Å². The van der Waals surface area contributed by atoms with Gasteiger partial charge in [0.05, 0.1) is 6.61 Å². The van der Waals surface area contributed by atoms with Crippen LogP contribution in [0.1, 0.15) is 68.8 Å². The maximum absolute atomic E-state index is 12.3. The van der Waals surface area contributed by atoms with E-state index in [0.29, 0.717) is 43.1 Å². The number of para-hydroxylation sites is 1. The summed E-state index contributed by atoms with van der Waals surface area (Å²) < 4.78 is 11.0. The Labute approximate surface area is 156 Å². The second kappa shape index (κ2) is 9.76. The van der Waals surface area contributed by atoms with Crippen molar-refractivity contribution in [2.24, 2.45) is 5.92 Å². The Balaban J connectivity index is 2.05. The number of unbranched alkanes of at least 4 members (excludes halogenated alkanes) is 1. The van der Waals surface area contributed by atoms with Crippen LogP contribution >= 0.6 is 0 Å². The zero-order valence-electron chi connectivity index (χ0n) is 16.0. The van der Waals surface area contributed by atoms with Crippen LogP contribution in [0.25, 0.3) is 0 Å². The third-order valence-electron chi connectivity index (χ3n) is 4.67. The van der Waals surface area contributed by atoms with Crippen LogP contribution in [0.4, 0.5) is 0 Å². The lowest BCUT2D eigenvalue weighted by molar-refractivity contribution is -0.119. The van der Waals surface area contributed by atoms with Gasteiger partial charge < -0.3 is 14.4 Å². The summed E-state index contributed by atoms with van der Waals surface area (Å²) in [5.74, 6) is 0.266. The third-order valence-corrected chi connectivity index (χ3v) is 4.67. The molecular formula is C20H29BO5. The summed E-state index contributed by atoms with van der Waals surface area (Å²) in [6, 6.07) is 5.31. The van der Waals surface area contributed by atoms with E-state index in [2.05, 4.69) is 13.8 Å². The fourth-order valence-corrected chi connectivity index (χ4v) is 3.05. The second-order valence-electron chi connectivity index (χ2n) is 7.43. The van der Waals surface area contributed by atoms with Crippen LogP contribution < -0.4 is 4.65 Å². The zero-order chi connectivity index (χ0) is 19.1. The van der Waals surface area contributed by atoms with Gasteiger partial charge in [-0.1, -0.05) is 39.3 Å². The van der Waals surface area contributed by atoms with E-state index in [1.807, 2.05) is 13.0 Å². The molecule has 1 aliphatic rings. The summed E-state index contributed by atoms with van der Waals surface area (Å²) in [5.41, 5.74) is 1.17. The Morgan fingerprint density at radius 1 is 1.38 bits per heavy atom. The number of ketones is 1. The van der Waals surface area contributed by atoms with Crippen LogP contribution in [0.15, 0.2) is 18.2 Å². The molecule has 0 radical (unpaired) electrons. The van der Waals surface area contributed by atoms with Gasteiger partial charge in [-0.05, 0) is 36.8 Å². The van der Waals surface area contributed by atoms with Crippen LogP contribution in [0.3, 0.4) is 0 Å². The van der Waals surface area contributed by atoms with Crippen molar-refractivity contribution in [3.63, 3.8) is 0 Å². The number of esters is 1.